The van der Waals surface area contributed by atoms with Gasteiger partial charge in [0.25, 0.3) is 0 Å². The summed E-state index contributed by atoms with van der Waals surface area (Å²) in [5, 5.41) is 10.3. The molecule has 0 aromatic heterocycles. The van der Waals surface area contributed by atoms with Crippen molar-refractivity contribution < 1.29 is 5.11 Å². The predicted octanol–water partition coefficient (Wildman–Crippen LogP) is 2.90. The van der Waals surface area contributed by atoms with E-state index in [1.165, 1.54) is 25.7 Å². The van der Waals surface area contributed by atoms with Crippen molar-refractivity contribution in [1.82, 2.24) is 4.90 Å². The highest BCUT2D eigenvalue weighted by Gasteiger charge is 2.31. The Morgan fingerprint density at radius 2 is 1.88 bits per heavy atom. The molecule has 3 atom stereocenters. The summed E-state index contributed by atoms with van der Waals surface area (Å²) < 4.78 is 0. The van der Waals surface area contributed by atoms with Gasteiger partial charge in [-0.2, -0.15) is 0 Å². The van der Waals surface area contributed by atoms with Crippen LogP contribution >= 0.6 is 0 Å². The van der Waals surface area contributed by atoms with Gasteiger partial charge in [-0.05, 0) is 38.6 Å². The first-order valence-corrected chi connectivity index (χ1v) is 6.77. The quantitative estimate of drug-likeness (QED) is 0.798. The SMILES string of the molecule is CC1CCCCC1N(C)CC(C)(O)C(C)C. The summed E-state index contributed by atoms with van der Waals surface area (Å²) in [5.74, 6) is 1.09. The molecule has 0 amide bonds. The minimum atomic E-state index is -0.564. The second kappa shape index (κ2) is 5.50. The zero-order valence-electron chi connectivity index (χ0n) is 11.7. The van der Waals surface area contributed by atoms with Crippen LogP contribution in [-0.4, -0.2) is 35.2 Å². The van der Waals surface area contributed by atoms with Crippen LogP contribution in [0.1, 0.15) is 53.4 Å². The Labute approximate surface area is 101 Å². The Morgan fingerprint density at radius 1 is 1.31 bits per heavy atom. The average Bonchev–Trinajstić information content (AvgIpc) is 2.17. The van der Waals surface area contributed by atoms with Gasteiger partial charge in [0.1, 0.15) is 0 Å². The van der Waals surface area contributed by atoms with Gasteiger partial charge in [-0.25, -0.2) is 0 Å². The Hall–Kier alpha value is -0.0800. The van der Waals surface area contributed by atoms with E-state index in [0.29, 0.717) is 12.0 Å². The first-order chi connectivity index (χ1) is 7.34. The molecule has 0 aromatic carbocycles. The molecule has 0 aromatic rings. The molecule has 0 heterocycles. The van der Waals surface area contributed by atoms with Crippen LogP contribution in [-0.2, 0) is 0 Å². The standard InChI is InChI=1S/C14H29NO/c1-11(2)14(4,16)10-15(5)13-9-7-6-8-12(13)3/h11-13,16H,6-10H2,1-5H3. The van der Waals surface area contributed by atoms with Crippen molar-refractivity contribution in [1.29, 1.82) is 0 Å². The highest BCUT2D eigenvalue weighted by atomic mass is 16.3. The number of likely N-dealkylation sites (N-methyl/N-ethyl adjacent to an activating group) is 1. The molecular formula is C14H29NO. The van der Waals surface area contributed by atoms with Gasteiger partial charge in [0.2, 0.25) is 0 Å². The molecule has 1 aliphatic carbocycles. The molecule has 1 fully saturated rings. The van der Waals surface area contributed by atoms with E-state index in [9.17, 15) is 5.11 Å². The zero-order chi connectivity index (χ0) is 12.3. The lowest BCUT2D eigenvalue weighted by molar-refractivity contribution is -0.0312. The summed E-state index contributed by atoms with van der Waals surface area (Å²) in [5.41, 5.74) is -0.564. The molecule has 1 aliphatic rings. The fourth-order valence-electron chi connectivity index (χ4n) is 2.76. The smallest absolute Gasteiger partial charge is 0.0768 e. The third-order valence-electron chi connectivity index (χ3n) is 4.45. The molecule has 0 radical (unpaired) electrons. The van der Waals surface area contributed by atoms with Crippen LogP contribution in [0.3, 0.4) is 0 Å². The van der Waals surface area contributed by atoms with Gasteiger partial charge in [0, 0.05) is 12.6 Å². The molecule has 16 heavy (non-hydrogen) atoms. The lowest BCUT2D eigenvalue weighted by atomic mass is 9.83. The van der Waals surface area contributed by atoms with Crippen molar-refractivity contribution in [3.8, 4) is 0 Å². The summed E-state index contributed by atoms with van der Waals surface area (Å²) >= 11 is 0. The second-order valence-electron chi connectivity index (χ2n) is 6.26. The molecule has 1 rings (SSSR count). The zero-order valence-corrected chi connectivity index (χ0v) is 11.7. The predicted molar refractivity (Wildman–Crippen MR) is 69.5 cm³/mol. The van der Waals surface area contributed by atoms with E-state index in [1.54, 1.807) is 0 Å². The fraction of sp³-hybridized carbons (Fsp3) is 1.00. The molecule has 1 N–H and O–H groups in total. The topological polar surface area (TPSA) is 23.5 Å². The second-order valence-corrected chi connectivity index (χ2v) is 6.26. The lowest BCUT2D eigenvalue weighted by Gasteiger charge is -2.41. The Kier molecular flexibility index (Phi) is 4.81. The average molecular weight is 227 g/mol. The van der Waals surface area contributed by atoms with Crippen LogP contribution < -0.4 is 0 Å². The van der Waals surface area contributed by atoms with Gasteiger partial charge in [-0.15, -0.1) is 0 Å². The van der Waals surface area contributed by atoms with E-state index in [1.807, 2.05) is 6.92 Å². The van der Waals surface area contributed by atoms with Crippen LogP contribution in [0.5, 0.6) is 0 Å². The molecule has 0 spiro atoms. The minimum Gasteiger partial charge on any atom is -0.389 e. The van der Waals surface area contributed by atoms with Crippen molar-refractivity contribution in [2.24, 2.45) is 11.8 Å². The van der Waals surface area contributed by atoms with Gasteiger partial charge in [-0.1, -0.05) is 33.6 Å². The van der Waals surface area contributed by atoms with Crippen molar-refractivity contribution in [2.75, 3.05) is 13.6 Å². The van der Waals surface area contributed by atoms with E-state index in [0.717, 1.165) is 12.5 Å². The van der Waals surface area contributed by atoms with E-state index in [-0.39, 0.29) is 0 Å². The molecule has 2 nitrogen and oxygen atoms in total. The molecule has 1 saturated carbocycles. The van der Waals surface area contributed by atoms with Crippen LogP contribution in [0, 0.1) is 11.8 Å². The molecular weight excluding hydrogens is 198 g/mol. The van der Waals surface area contributed by atoms with E-state index in [4.69, 9.17) is 0 Å². The summed E-state index contributed by atoms with van der Waals surface area (Å²) in [6.07, 6.45) is 5.37. The third-order valence-corrected chi connectivity index (χ3v) is 4.45. The number of hydrogen-bond donors (Lipinski definition) is 1. The number of nitrogens with zero attached hydrogens (tertiary/aromatic N) is 1. The first kappa shape index (κ1) is 14.0. The van der Waals surface area contributed by atoms with E-state index in [2.05, 4.69) is 32.7 Å². The number of aliphatic hydroxyl groups is 1. The van der Waals surface area contributed by atoms with E-state index >= 15 is 0 Å². The maximum absolute atomic E-state index is 10.3. The molecule has 96 valence electrons. The normalized spacial score (nSPS) is 30.8. The van der Waals surface area contributed by atoms with Gasteiger partial charge in [0.05, 0.1) is 5.60 Å². The van der Waals surface area contributed by atoms with Gasteiger partial charge < -0.3 is 10.0 Å². The molecule has 3 unspecified atom stereocenters. The summed E-state index contributed by atoms with van der Waals surface area (Å²) in [4.78, 5) is 2.38. The van der Waals surface area contributed by atoms with Crippen molar-refractivity contribution in [2.45, 2.75) is 65.0 Å². The van der Waals surface area contributed by atoms with Crippen LogP contribution in [0.4, 0.5) is 0 Å². The monoisotopic (exact) mass is 227 g/mol. The number of rotatable bonds is 4. The third kappa shape index (κ3) is 3.46. The number of hydrogen-bond acceptors (Lipinski definition) is 2. The van der Waals surface area contributed by atoms with Gasteiger partial charge in [0.15, 0.2) is 0 Å². The largest absolute Gasteiger partial charge is 0.389 e. The van der Waals surface area contributed by atoms with Gasteiger partial charge in [-0.3, -0.25) is 0 Å². The summed E-state index contributed by atoms with van der Waals surface area (Å²) in [6, 6.07) is 0.666. The molecule has 0 saturated heterocycles. The van der Waals surface area contributed by atoms with Crippen LogP contribution in [0.25, 0.3) is 0 Å². The minimum absolute atomic E-state index is 0.314. The van der Waals surface area contributed by atoms with Crippen molar-refractivity contribution >= 4 is 0 Å². The Balaban J connectivity index is 2.53. The van der Waals surface area contributed by atoms with Gasteiger partial charge >= 0.3 is 0 Å². The highest BCUT2D eigenvalue weighted by Crippen LogP contribution is 2.29. The van der Waals surface area contributed by atoms with E-state index < -0.39 is 5.60 Å². The molecule has 0 bridgehead atoms. The van der Waals surface area contributed by atoms with Crippen LogP contribution in [0.15, 0.2) is 0 Å². The Morgan fingerprint density at radius 3 is 2.38 bits per heavy atom. The summed E-state index contributed by atoms with van der Waals surface area (Å²) in [6.45, 7) is 9.29. The lowest BCUT2D eigenvalue weighted by Crippen LogP contribution is -2.49. The molecule has 0 aliphatic heterocycles. The molecule has 2 heteroatoms. The maximum Gasteiger partial charge on any atom is 0.0768 e. The fourth-order valence-corrected chi connectivity index (χ4v) is 2.76. The Bertz CT molecular complexity index is 213. The first-order valence-electron chi connectivity index (χ1n) is 6.77. The maximum atomic E-state index is 10.3. The summed E-state index contributed by atoms with van der Waals surface area (Å²) in [7, 11) is 2.17. The van der Waals surface area contributed by atoms with Crippen molar-refractivity contribution in [3.63, 3.8) is 0 Å². The van der Waals surface area contributed by atoms with Crippen molar-refractivity contribution in [3.05, 3.63) is 0 Å². The van der Waals surface area contributed by atoms with Crippen LogP contribution in [0.2, 0.25) is 0 Å². The highest BCUT2D eigenvalue weighted by molar-refractivity contribution is 4.85.